The molecular formula is C14H18N2O2. The van der Waals surface area contributed by atoms with Gasteiger partial charge in [-0.25, -0.2) is 0 Å². The van der Waals surface area contributed by atoms with E-state index in [9.17, 15) is 0 Å². The molecule has 1 aromatic heterocycles. The SMILES string of the molecule is CCCNCc1coc(Oc2ccc(C)cc2)n1. The predicted molar refractivity (Wildman–Crippen MR) is 69.8 cm³/mol. The van der Waals surface area contributed by atoms with Gasteiger partial charge < -0.3 is 14.5 Å². The lowest BCUT2D eigenvalue weighted by atomic mass is 10.2. The second kappa shape index (κ2) is 6.21. The Balaban J connectivity index is 1.91. The first-order valence-corrected chi connectivity index (χ1v) is 6.17. The van der Waals surface area contributed by atoms with Crippen LogP contribution in [0.2, 0.25) is 0 Å². The number of nitrogens with zero attached hydrogens (tertiary/aromatic N) is 1. The summed E-state index contributed by atoms with van der Waals surface area (Å²) < 4.78 is 10.8. The Morgan fingerprint density at radius 1 is 1.28 bits per heavy atom. The first kappa shape index (κ1) is 12.6. The summed E-state index contributed by atoms with van der Waals surface area (Å²) in [6.07, 6.45) is 3.00. The van der Waals surface area contributed by atoms with Crippen molar-refractivity contribution >= 4 is 0 Å². The van der Waals surface area contributed by atoms with Crippen molar-refractivity contribution in [2.75, 3.05) is 6.54 Å². The zero-order valence-corrected chi connectivity index (χ0v) is 10.8. The molecule has 0 aliphatic rings. The Morgan fingerprint density at radius 3 is 2.78 bits per heavy atom. The number of hydrogen-bond donors (Lipinski definition) is 1. The summed E-state index contributed by atoms with van der Waals surface area (Å²) >= 11 is 0. The zero-order chi connectivity index (χ0) is 12.8. The van der Waals surface area contributed by atoms with Gasteiger partial charge in [-0.05, 0) is 32.0 Å². The van der Waals surface area contributed by atoms with E-state index in [4.69, 9.17) is 9.15 Å². The van der Waals surface area contributed by atoms with Gasteiger partial charge in [0, 0.05) is 6.54 Å². The molecule has 0 saturated carbocycles. The fourth-order valence-electron chi connectivity index (χ4n) is 1.52. The van der Waals surface area contributed by atoms with Crippen LogP contribution < -0.4 is 10.1 Å². The molecule has 96 valence electrons. The van der Waals surface area contributed by atoms with E-state index in [2.05, 4.69) is 17.2 Å². The van der Waals surface area contributed by atoms with Crippen LogP contribution >= 0.6 is 0 Å². The predicted octanol–water partition coefficient (Wildman–Crippen LogP) is 3.27. The van der Waals surface area contributed by atoms with Gasteiger partial charge in [-0.1, -0.05) is 24.6 Å². The van der Waals surface area contributed by atoms with E-state index in [1.807, 2.05) is 31.2 Å². The minimum Gasteiger partial charge on any atom is -0.417 e. The zero-order valence-electron chi connectivity index (χ0n) is 10.8. The Morgan fingerprint density at radius 2 is 2.06 bits per heavy atom. The average Bonchev–Trinajstić information content (AvgIpc) is 2.80. The molecule has 0 spiro atoms. The van der Waals surface area contributed by atoms with Gasteiger partial charge in [-0.2, -0.15) is 4.98 Å². The van der Waals surface area contributed by atoms with E-state index in [1.54, 1.807) is 6.26 Å². The van der Waals surface area contributed by atoms with Gasteiger partial charge in [0.1, 0.15) is 12.0 Å². The summed E-state index contributed by atoms with van der Waals surface area (Å²) in [7, 11) is 0. The van der Waals surface area contributed by atoms with Gasteiger partial charge in [0.05, 0.1) is 5.69 Å². The van der Waals surface area contributed by atoms with Crippen molar-refractivity contribution in [2.24, 2.45) is 0 Å². The molecule has 0 radical (unpaired) electrons. The largest absolute Gasteiger partial charge is 0.417 e. The van der Waals surface area contributed by atoms with Crippen LogP contribution in [-0.2, 0) is 6.54 Å². The van der Waals surface area contributed by atoms with Crippen LogP contribution in [0, 0.1) is 6.92 Å². The molecule has 18 heavy (non-hydrogen) atoms. The third kappa shape index (κ3) is 3.60. The van der Waals surface area contributed by atoms with Gasteiger partial charge in [0.25, 0.3) is 0 Å². The molecule has 1 heterocycles. The molecule has 2 rings (SSSR count). The van der Waals surface area contributed by atoms with Crippen LogP contribution in [-0.4, -0.2) is 11.5 Å². The number of nitrogens with one attached hydrogen (secondary N) is 1. The lowest BCUT2D eigenvalue weighted by Gasteiger charge is -2.00. The highest BCUT2D eigenvalue weighted by molar-refractivity contribution is 5.28. The van der Waals surface area contributed by atoms with Crippen molar-refractivity contribution in [3.8, 4) is 11.8 Å². The minimum absolute atomic E-state index is 0.284. The van der Waals surface area contributed by atoms with E-state index in [-0.39, 0.29) is 6.08 Å². The molecule has 0 aliphatic heterocycles. The van der Waals surface area contributed by atoms with Crippen LogP contribution in [0.25, 0.3) is 0 Å². The number of rotatable bonds is 6. The van der Waals surface area contributed by atoms with Crippen LogP contribution in [0.5, 0.6) is 11.8 Å². The number of ether oxygens (including phenoxy) is 1. The maximum absolute atomic E-state index is 5.51. The van der Waals surface area contributed by atoms with Crippen molar-refractivity contribution in [3.63, 3.8) is 0 Å². The average molecular weight is 246 g/mol. The van der Waals surface area contributed by atoms with E-state index in [1.165, 1.54) is 5.56 Å². The van der Waals surface area contributed by atoms with Crippen molar-refractivity contribution in [3.05, 3.63) is 41.8 Å². The molecule has 0 aliphatic carbocycles. The molecule has 0 amide bonds. The van der Waals surface area contributed by atoms with Gasteiger partial charge >= 0.3 is 6.08 Å². The number of hydrogen-bond acceptors (Lipinski definition) is 4. The standard InChI is InChI=1S/C14H18N2O2/c1-3-8-15-9-12-10-17-14(16-12)18-13-6-4-11(2)5-7-13/h4-7,10,15H,3,8-9H2,1-2H3. The molecule has 4 nitrogen and oxygen atoms in total. The second-order valence-corrected chi connectivity index (χ2v) is 4.20. The highest BCUT2D eigenvalue weighted by Gasteiger charge is 2.05. The van der Waals surface area contributed by atoms with Crippen LogP contribution in [0.4, 0.5) is 0 Å². The first-order valence-electron chi connectivity index (χ1n) is 6.17. The molecule has 0 atom stereocenters. The molecular weight excluding hydrogens is 228 g/mol. The van der Waals surface area contributed by atoms with E-state index in [0.29, 0.717) is 6.54 Å². The maximum Gasteiger partial charge on any atom is 0.399 e. The lowest BCUT2D eigenvalue weighted by molar-refractivity contribution is 0.330. The third-order valence-electron chi connectivity index (χ3n) is 2.49. The number of benzene rings is 1. The molecule has 1 aromatic carbocycles. The normalized spacial score (nSPS) is 10.6. The highest BCUT2D eigenvalue weighted by Crippen LogP contribution is 2.20. The lowest BCUT2D eigenvalue weighted by Crippen LogP contribution is -2.13. The highest BCUT2D eigenvalue weighted by atomic mass is 16.6. The van der Waals surface area contributed by atoms with Gasteiger partial charge in [0.15, 0.2) is 0 Å². The molecule has 2 aromatic rings. The van der Waals surface area contributed by atoms with Crippen molar-refractivity contribution in [1.82, 2.24) is 10.3 Å². The van der Waals surface area contributed by atoms with Gasteiger partial charge in [0.2, 0.25) is 0 Å². The Hall–Kier alpha value is -1.81. The Labute approximate surface area is 107 Å². The smallest absolute Gasteiger partial charge is 0.399 e. The molecule has 1 N–H and O–H groups in total. The van der Waals surface area contributed by atoms with Crippen molar-refractivity contribution < 1.29 is 9.15 Å². The summed E-state index contributed by atoms with van der Waals surface area (Å²) in [4.78, 5) is 4.25. The van der Waals surface area contributed by atoms with Crippen LogP contribution in [0.3, 0.4) is 0 Å². The summed E-state index contributed by atoms with van der Waals surface area (Å²) in [6.45, 7) is 5.84. The number of aryl methyl sites for hydroxylation is 1. The summed E-state index contributed by atoms with van der Waals surface area (Å²) in [5.74, 6) is 0.732. The quantitative estimate of drug-likeness (QED) is 0.795. The Kier molecular flexibility index (Phi) is 4.36. The molecule has 0 unspecified atom stereocenters. The maximum atomic E-state index is 5.51. The minimum atomic E-state index is 0.284. The van der Waals surface area contributed by atoms with E-state index < -0.39 is 0 Å². The fourth-order valence-corrected chi connectivity index (χ4v) is 1.52. The van der Waals surface area contributed by atoms with E-state index >= 15 is 0 Å². The van der Waals surface area contributed by atoms with Crippen LogP contribution in [0.1, 0.15) is 24.6 Å². The first-order chi connectivity index (χ1) is 8.78. The topological polar surface area (TPSA) is 47.3 Å². The van der Waals surface area contributed by atoms with Gasteiger partial charge in [-0.3, -0.25) is 0 Å². The number of oxazole rings is 1. The Bertz CT molecular complexity index is 477. The summed E-state index contributed by atoms with van der Waals surface area (Å²) in [6, 6.07) is 7.77. The van der Waals surface area contributed by atoms with E-state index in [0.717, 1.165) is 24.4 Å². The summed E-state index contributed by atoms with van der Waals surface area (Å²) in [5, 5.41) is 3.26. The third-order valence-corrected chi connectivity index (χ3v) is 2.49. The second-order valence-electron chi connectivity index (χ2n) is 4.20. The van der Waals surface area contributed by atoms with Gasteiger partial charge in [-0.15, -0.1) is 0 Å². The monoisotopic (exact) mass is 246 g/mol. The molecule has 0 bridgehead atoms. The summed E-state index contributed by atoms with van der Waals surface area (Å²) in [5.41, 5.74) is 2.05. The van der Waals surface area contributed by atoms with Crippen molar-refractivity contribution in [2.45, 2.75) is 26.8 Å². The molecule has 0 fully saturated rings. The van der Waals surface area contributed by atoms with Crippen LogP contribution in [0.15, 0.2) is 34.9 Å². The molecule has 0 saturated heterocycles. The molecule has 4 heteroatoms. The van der Waals surface area contributed by atoms with Crippen molar-refractivity contribution in [1.29, 1.82) is 0 Å². The fraction of sp³-hybridized carbons (Fsp3) is 0.357. The number of aromatic nitrogens is 1.